The van der Waals surface area contributed by atoms with Crippen LogP contribution in [-0.2, 0) is 10.2 Å². The number of hydrogen-bond acceptors (Lipinski definition) is 2. The smallest absolute Gasteiger partial charge is 0.195 e. The average Bonchev–Trinajstić information content (AvgIpc) is 1.84. The molecule has 0 N–H and O–H groups in total. The molecule has 1 aliphatic heterocycles. The second kappa shape index (κ2) is 2.73. The standard InChI is InChI=1S/C6H14N2O2S/c1-6-4-7(2)11(9,10)8(3)5-6/h6H,4-5H2,1-3H3. The summed E-state index contributed by atoms with van der Waals surface area (Å²) in [5.41, 5.74) is 0. The van der Waals surface area contributed by atoms with Crippen LogP contribution in [0.4, 0.5) is 0 Å². The minimum absolute atomic E-state index is 0.425. The zero-order valence-electron chi connectivity index (χ0n) is 7.11. The van der Waals surface area contributed by atoms with Crippen LogP contribution in [0.3, 0.4) is 0 Å². The summed E-state index contributed by atoms with van der Waals surface area (Å²) in [5, 5.41) is 0. The largest absolute Gasteiger partial charge is 0.281 e. The van der Waals surface area contributed by atoms with Gasteiger partial charge in [0.1, 0.15) is 0 Å². The lowest BCUT2D eigenvalue weighted by Gasteiger charge is -2.33. The lowest BCUT2D eigenvalue weighted by molar-refractivity contribution is 0.278. The lowest BCUT2D eigenvalue weighted by atomic mass is 10.2. The van der Waals surface area contributed by atoms with Crippen molar-refractivity contribution in [2.45, 2.75) is 6.92 Å². The number of nitrogens with zero attached hydrogens (tertiary/aromatic N) is 2. The highest BCUT2D eigenvalue weighted by atomic mass is 32.2. The highest BCUT2D eigenvalue weighted by Gasteiger charge is 2.30. The predicted molar refractivity (Wildman–Crippen MR) is 43.3 cm³/mol. The van der Waals surface area contributed by atoms with Crippen LogP contribution in [0.5, 0.6) is 0 Å². The Bertz CT molecular complexity index is 219. The summed E-state index contributed by atoms with van der Waals surface area (Å²) >= 11 is 0. The zero-order chi connectivity index (χ0) is 8.65. The van der Waals surface area contributed by atoms with Gasteiger partial charge < -0.3 is 0 Å². The van der Waals surface area contributed by atoms with Crippen LogP contribution in [0.2, 0.25) is 0 Å². The molecule has 0 spiro atoms. The van der Waals surface area contributed by atoms with Gasteiger partial charge in [0.25, 0.3) is 10.2 Å². The molecule has 0 unspecified atom stereocenters. The van der Waals surface area contributed by atoms with Crippen LogP contribution in [0.1, 0.15) is 6.92 Å². The van der Waals surface area contributed by atoms with Gasteiger partial charge in [0.05, 0.1) is 0 Å². The van der Waals surface area contributed by atoms with E-state index in [4.69, 9.17) is 0 Å². The molecule has 1 fully saturated rings. The first-order chi connectivity index (χ1) is 4.94. The second-order valence-corrected chi connectivity index (χ2v) is 5.32. The topological polar surface area (TPSA) is 40.6 Å². The molecule has 0 radical (unpaired) electrons. The van der Waals surface area contributed by atoms with E-state index in [1.165, 1.54) is 8.61 Å². The SMILES string of the molecule is CC1CN(C)S(=O)(=O)N(C)C1. The van der Waals surface area contributed by atoms with Gasteiger partial charge >= 0.3 is 0 Å². The molecule has 1 saturated heterocycles. The molecule has 1 rings (SSSR count). The summed E-state index contributed by atoms with van der Waals surface area (Å²) in [4.78, 5) is 0. The van der Waals surface area contributed by atoms with Gasteiger partial charge in [-0.05, 0) is 5.92 Å². The molecule has 0 amide bonds. The summed E-state index contributed by atoms with van der Waals surface area (Å²) in [6.45, 7) is 3.31. The van der Waals surface area contributed by atoms with E-state index < -0.39 is 10.2 Å². The van der Waals surface area contributed by atoms with Crippen molar-refractivity contribution in [3.8, 4) is 0 Å². The van der Waals surface area contributed by atoms with Crippen LogP contribution in [0, 0.1) is 5.92 Å². The summed E-state index contributed by atoms with van der Waals surface area (Å²) in [5.74, 6) is 0.425. The third-order valence-corrected chi connectivity index (χ3v) is 3.80. The van der Waals surface area contributed by atoms with Crippen molar-refractivity contribution in [3.05, 3.63) is 0 Å². The van der Waals surface area contributed by atoms with Gasteiger partial charge in [0.15, 0.2) is 0 Å². The van der Waals surface area contributed by atoms with Gasteiger partial charge in [0.2, 0.25) is 0 Å². The third-order valence-electron chi connectivity index (χ3n) is 1.93. The molecule has 0 atom stereocenters. The van der Waals surface area contributed by atoms with Crippen molar-refractivity contribution < 1.29 is 8.42 Å². The van der Waals surface area contributed by atoms with E-state index in [-0.39, 0.29) is 0 Å². The van der Waals surface area contributed by atoms with E-state index >= 15 is 0 Å². The summed E-state index contributed by atoms with van der Waals surface area (Å²) < 4.78 is 25.4. The Balaban J connectivity index is 2.85. The Morgan fingerprint density at radius 2 is 1.55 bits per heavy atom. The highest BCUT2D eigenvalue weighted by molar-refractivity contribution is 7.86. The van der Waals surface area contributed by atoms with Crippen molar-refractivity contribution in [1.29, 1.82) is 0 Å². The van der Waals surface area contributed by atoms with Crippen LogP contribution in [-0.4, -0.2) is 44.2 Å². The van der Waals surface area contributed by atoms with Gasteiger partial charge in [0, 0.05) is 27.2 Å². The van der Waals surface area contributed by atoms with Gasteiger partial charge in [-0.3, -0.25) is 0 Å². The van der Waals surface area contributed by atoms with Crippen molar-refractivity contribution in [1.82, 2.24) is 8.61 Å². The molecule has 4 nitrogen and oxygen atoms in total. The van der Waals surface area contributed by atoms with Crippen LogP contribution in [0.15, 0.2) is 0 Å². The first-order valence-electron chi connectivity index (χ1n) is 3.62. The van der Waals surface area contributed by atoms with Crippen molar-refractivity contribution in [2.24, 2.45) is 5.92 Å². The van der Waals surface area contributed by atoms with Gasteiger partial charge in [-0.2, -0.15) is 17.0 Å². The fourth-order valence-electron chi connectivity index (χ4n) is 1.36. The monoisotopic (exact) mass is 178 g/mol. The van der Waals surface area contributed by atoms with Crippen LogP contribution < -0.4 is 0 Å². The van der Waals surface area contributed by atoms with E-state index in [0.29, 0.717) is 19.0 Å². The molecule has 66 valence electrons. The molecule has 0 aliphatic carbocycles. The summed E-state index contributed by atoms with van der Waals surface area (Å²) in [7, 11) is 0.119. The molecule has 5 heteroatoms. The maximum atomic E-state index is 11.3. The molecule has 0 aromatic heterocycles. The molecule has 1 aliphatic rings. The molecule has 11 heavy (non-hydrogen) atoms. The Morgan fingerprint density at radius 3 is 1.91 bits per heavy atom. The number of hydrogen-bond donors (Lipinski definition) is 0. The van der Waals surface area contributed by atoms with E-state index in [1.807, 2.05) is 6.92 Å². The average molecular weight is 178 g/mol. The van der Waals surface area contributed by atoms with E-state index in [1.54, 1.807) is 14.1 Å². The van der Waals surface area contributed by atoms with Crippen LogP contribution >= 0.6 is 0 Å². The molecule has 0 aromatic rings. The maximum Gasteiger partial charge on any atom is 0.281 e. The lowest BCUT2D eigenvalue weighted by Crippen LogP contribution is -2.49. The van der Waals surface area contributed by atoms with Gasteiger partial charge in [-0.15, -0.1) is 0 Å². The predicted octanol–water partition coefficient (Wildman–Crippen LogP) is -0.255. The van der Waals surface area contributed by atoms with E-state index in [0.717, 1.165) is 0 Å². The summed E-state index contributed by atoms with van der Waals surface area (Å²) in [6.07, 6.45) is 0. The second-order valence-electron chi connectivity index (χ2n) is 3.17. The maximum absolute atomic E-state index is 11.3. The molecular formula is C6H14N2O2S. The van der Waals surface area contributed by atoms with Gasteiger partial charge in [-0.1, -0.05) is 6.92 Å². The van der Waals surface area contributed by atoms with Crippen LogP contribution in [0.25, 0.3) is 0 Å². The van der Waals surface area contributed by atoms with Crippen molar-refractivity contribution >= 4 is 10.2 Å². The molecule has 1 heterocycles. The first-order valence-corrected chi connectivity index (χ1v) is 5.02. The summed E-state index contributed by atoms with van der Waals surface area (Å²) in [6, 6.07) is 0. The van der Waals surface area contributed by atoms with E-state index in [2.05, 4.69) is 0 Å². The normalized spacial score (nSPS) is 29.0. The number of rotatable bonds is 0. The Morgan fingerprint density at radius 1 is 1.18 bits per heavy atom. The van der Waals surface area contributed by atoms with E-state index in [9.17, 15) is 8.42 Å². The molecule has 0 bridgehead atoms. The minimum Gasteiger partial charge on any atom is -0.195 e. The highest BCUT2D eigenvalue weighted by Crippen LogP contribution is 2.15. The third kappa shape index (κ3) is 1.55. The Kier molecular flexibility index (Phi) is 2.22. The van der Waals surface area contributed by atoms with Gasteiger partial charge in [-0.25, -0.2) is 0 Å². The fraction of sp³-hybridized carbons (Fsp3) is 1.00. The fourth-order valence-corrected chi connectivity index (χ4v) is 2.72. The Labute approximate surface area is 68.0 Å². The van der Waals surface area contributed by atoms with Crippen molar-refractivity contribution in [3.63, 3.8) is 0 Å². The molecule has 0 aromatic carbocycles. The quantitative estimate of drug-likeness (QED) is 0.513. The van der Waals surface area contributed by atoms with Crippen molar-refractivity contribution in [2.75, 3.05) is 27.2 Å². The molecular weight excluding hydrogens is 164 g/mol. The first kappa shape index (κ1) is 8.96. The molecule has 0 saturated carbocycles. The Hall–Kier alpha value is -0.130. The minimum atomic E-state index is -3.11. The zero-order valence-corrected chi connectivity index (χ0v) is 7.93.